The Labute approximate surface area is 113 Å². The molecule has 2 N–H and O–H groups in total. The van der Waals surface area contributed by atoms with Crippen LogP contribution in [0, 0.1) is 5.41 Å². The van der Waals surface area contributed by atoms with E-state index in [0.29, 0.717) is 0 Å². The van der Waals surface area contributed by atoms with Crippen LogP contribution < -0.4 is 5.73 Å². The lowest BCUT2D eigenvalue weighted by Gasteiger charge is -2.27. The van der Waals surface area contributed by atoms with Gasteiger partial charge in [-0.05, 0) is 40.6 Å². The number of hydrogen-bond donors (Lipinski definition) is 1. The molecule has 0 saturated heterocycles. The Balaban J connectivity index is 2.65. The molecule has 1 heterocycles. The third-order valence-electron chi connectivity index (χ3n) is 3.14. The highest BCUT2D eigenvalue weighted by molar-refractivity contribution is 9.10. The summed E-state index contributed by atoms with van der Waals surface area (Å²) in [6.45, 7) is 9.72. The van der Waals surface area contributed by atoms with Gasteiger partial charge in [-0.25, -0.2) is 0 Å². The topological polar surface area (TPSA) is 43.8 Å². The number of halogens is 1. The standard InChI is InChI=1S/C13H24BrN3/c1-5-8-17-11(10(14)9-16-17)6-7-12(15)13(2,3)4/h9,12H,5-8,15H2,1-4H3. The van der Waals surface area contributed by atoms with Crippen molar-refractivity contribution in [3.63, 3.8) is 0 Å². The van der Waals surface area contributed by atoms with E-state index in [0.717, 1.165) is 30.3 Å². The van der Waals surface area contributed by atoms with Gasteiger partial charge in [-0.2, -0.15) is 5.10 Å². The predicted molar refractivity (Wildman–Crippen MR) is 76.0 cm³/mol. The van der Waals surface area contributed by atoms with E-state index < -0.39 is 0 Å². The lowest BCUT2D eigenvalue weighted by Crippen LogP contribution is -2.35. The second-order valence-corrected chi connectivity index (χ2v) is 6.53. The van der Waals surface area contributed by atoms with Crippen LogP contribution in [0.2, 0.25) is 0 Å². The van der Waals surface area contributed by atoms with Gasteiger partial charge in [-0.3, -0.25) is 4.68 Å². The largest absolute Gasteiger partial charge is 0.327 e. The fraction of sp³-hybridized carbons (Fsp3) is 0.769. The van der Waals surface area contributed by atoms with E-state index in [9.17, 15) is 0 Å². The summed E-state index contributed by atoms with van der Waals surface area (Å²) in [5.41, 5.74) is 7.64. The first-order valence-electron chi connectivity index (χ1n) is 6.32. The molecule has 0 fully saturated rings. The highest BCUT2D eigenvalue weighted by Gasteiger charge is 2.21. The molecule has 0 amide bonds. The van der Waals surface area contributed by atoms with Gasteiger partial charge < -0.3 is 5.73 Å². The van der Waals surface area contributed by atoms with E-state index in [1.54, 1.807) is 0 Å². The maximum atomic E-state index is 6.20. The fourth-order valence-corrected chi connectivity index (χ4v) is 2.26. The van der Waals surface area contributed by atoms with E-state index in [1.165, 1.54) is 5.69 Å². The van der Waals surface area contributed by atoms with Crippen LogP contribution in [0.1, 0.15) is 46.2 Å². The highest BCUT2D eigenvalue weighted by atomic mass is 79.9. The van der Waals surface area contributed by atoms with E-state index in [4.69, 9.17) is 5.73 Å². The minimum atomic E-state index is 0.169. The van der Waals surface area contributed by atoms with Crippen molar-refractivity contribution in [2.45, 2.75) is 59.5 Å². The van der Waals surface area contributed by atoms with Gasteiger partial charge in [-0.15, -0.1) is 0 Å². The van der Waals surface area contributed by atoms with Crippen LogP contribution in [0.3, 0.4) is 0 Å². The molecule has 1 atom stereocenters. The molecule has 0 radical (unpaired) electrons. The molecular formula is C13H24BrN3. The molecule has 1 rings (SSSR count). The molecule has 3 nitrogen and oxygen atoms in total. The van der Waals surface area contributed by atoms with Gasteiger partial charge in [0, 0.05) is 12.6 Å². The lowest BCUT2D eigenvalue weighted by molar-refractivity contribution is 0.304. The van der Waals surface area contributed by atoms with Gasteiger partial charge in [0.2, 0.25) is 0 Å². The Kier molecular flexibility index (Phi) is 5.20. The summed E-state index contributed by atoms with van der Waals surface area (Å²) >= 11 is 3.56. The smallest absolute Gasteiger partial charge is 0.0635 e. The van der Waals surface area contributed by atoms with Crippen molar-refractivity contribution in [1.82, 2.24) is 9.78 Å². The van der Waals surface area contributed by atoms with E-state index in [-0.39, 0.29) is 11.5 Å². The van der Waals surface area contributed by atoms with Crippen molar-refractivity contribution in [2.75, 3.05) is 0 Å². The Morgan fingerprint density at radius 2 is 2.12 bits per heavy atom. The summed E-state index contributed by atoms with van der Waals surface area (Å²) in [5, 5.41) is 4.37. The SMILES string of the molecule is CCCn1ncc(Br)c1CCC(N)C(C)(C)C. The van der Waals surface area contributed by atoms with Crippen molar-refractivity contribution in [3.05, 3.63) is 16.4 Å². The van der Waals surface area contributed by atoms with Crippen molar-refractivity contribution in [2.24, 2.45) is 11.1 Å². The fourth-order valence-electron chi connectivity index (χ4n) is 1.77. The van der Waals surface area contributed by atoms with Crippen molar-refractivity contribution in [3.8, 4) is 0 Å². The number of hydrogen-bond acceptors (Lipinski definition) is 2. The molecule has 1 unspecified atom stereocenters. The van der Waals surface area contributed by atoms with Gasteiger partial charge in [0.25, 0.3) is 0 Å². The van der Waals surface area contributed by atoms with Gasteiger partial charge in [0.15, 0.2) is 0 Å². The molecule has 0 aliphatic heterocycles. The molecule has 98 valence electrons. The summed E-state index contributed by atoms with van der Waals surface area (Å²) in [7, 11) is 0. The molecular weight excluding hydrogens is 278 g/mol. The third kappa shape index (κ3) is 4.11. The van der Waals surface area contributed by atoms with E-state index >= 15 is 0 Å². The zero-order valence-corrected chi connectivity index (χ0v) is 12.9. The summed E-state index contributed by atoms with van der Waals surface area (Å²) in [5.74, 6) is 0. The predicted octanol–water partition coefficient (Wildman–Crippen LogP) is 3.36. The normalized spacial score (nSPS) is 14.0. The Hall–Kier alpha value is -0.350. The Bertz CT molecular complexity index is 352. The average Bonchev–Trinajstić information content (AvgIpc) is 2.56. The first-order valence-corrected chi connectivity index (χ1v) is 7.11. The monoisotopic (exact) mass is 301 g/mol. The second-order valence-electron chi connectivity index (χ2n) is 5.67. The maximum absolute atomic E-state index is 6.20. The van der Waals surface area contributed by atoms with Crippen molar-refractivity contribution in [1.29, 1.82) is 0 Å². The third-order valence-corrected chi connectivity index (χ3v) is 3.80. The van der Waals surface area contributed by atoms with Crippen LogP contribution >= 0.6 is 15.9 Å². The van der Waals surface area contributed by atoms with Crippen LogP contribution in [0.4, 0.5) is 0 Å². The highest BCUT2D eigenvalue weighted by Crippen LogP contribution is 2.24. The van der Waals surface area contributed by atoms with Gasteiger partial charge >= 0.3 is 0 Å². The van der Waals surface area contributed by atoms with Crippen LogP contribution in [0.5, 0.6) is 0 Å². The quantitative estimate of drug-likeness (QED) is 0.906. The van der Waals surface area contributed by atoms with Crippen molar-refractivity contribution < 1.29 is 0 Å². The minimum Gasteiger partial charge on any atom is -0.327 e. The molecule has 0 saturated carbocycles. The summed E-state index contributed by atoms with van der Waals surface area (Å²) < 4.78 is 3.19. The van der Waals surface area contributed by atoms with Crippen LogP contribution in [-0.4, -0.2) is 15.8 Å². The summed E-state index contributed by atoms with van der Waals surface area (Å²) in [4.78, 5) is 0. The Morgan fingerprint density at radius 1 is 1.47 bits per heavy atom. The molecule has 4 heteroatoms. The van der Waals surface area contributed by atoms with Gasteiger partial charge in [-0.1, -0.05) is 27.7 Å². The average molecular weight is 302 g/mol. The zero-order chi connectivity index (χ0) is 13.1. The maximum Gasteiger partial charge on any atom is 0.0635 e. The summed E-state index contributed by atoms with van der Waals surface area (Å²) in [6.07, 6.45) is 4.97. The number of aryl methyl sites for hydroxylation is 1. The number of nitrogens with zero attached hydrogens (tertiary/aromatic N) is 2. The zero-order valence-electron chi connectivity index (χ0n) is 11.3. The summed E-state index contributed by atoms with van der Waals surface area (Å²) in [6, 6.07) is 0.222. The molecule has 0 aliphatic rings. The molecule has 17 heavy (non-hydrogen) atoms. The lowest BCUT2D eigenvalue weighted by atomic mass is 9.84. The molecule has 0 aromatic carbocycles. The number of rotatable bonds is 5. The van der Waals surface area contributed by atoms with Crippen LogP contribution in [0.25, 0.3) is 0 Å². The van der Waals surface area contributed by atoms with Crippen molar-refractivity contribution >= 4 is 15.9 Å². The minimum absolute atomic E-state index is 0.169. The Morgan fingerprint density at radius 3 is 2.65 bits per heavy atom. The van der Waals surface area contributed by atoms with E-state index in [1.807, 2.05) is 6.20 Å². The van der Waals surface area contributed by atoms with Crippen LogP contribution in [-0.2, 0) is 13.0 Å². The first-order chi connectivity index (χ1) is 7.86. The van der Waals surface area contributed by atoms with Gasteiger partial charge in [0.05, 0.1) is 16.4 Å². The number of nitrogens with two attached hydrogens (primary N) is 1. The van der Waals surface area contributed by atoms with E-state index in [2.05, 4.69) is 53.4 Å². The van der Waals surface area contributed by atoms with Gasteiger partial charge in [0.1, 0.15) is 0 Å². The molecule has 1 aromatic heterocycles. The number of aromatic nitrogens is 2. The molecule has 0 bridgehead atoms. The first kappa shape index (κ1) is 14.7. The van der Waals surface area contributed by atoms with Crippen LogP contribution in [0.15, 0.2) is 10.7 Å². The molecule has 1 aromatic rings. The molecule has 0 spiro atoms. The second kappa shape index (κ2) is 6.01. The molecule has 0 aliphatic carbocycles.